The predicted octanol–water partition coefficient (Wildman–Crippen LogP) is 3.73. The molecule has 98 valence electrons. The van der Waals surface area contributed by atoms with Gasteiger partial charge in [0, 0.05) is 16.6 Å². The van der Waals surface area contributed by atoms with Gasteiger partial charge in [0.2, 0.25) is 0 Å². The van der Waals surface area contributed by atoms with Gasteiger partial charge >= 0.3 is 0 Å². The summed E-state index contributed by atoms with van der Waals surface area (Å²) in [7, 11) is 0. The molecule has 3 heteroatoms. The molecular weight excluding hydrogens is 302 g/mol. The van der Waals surface area contributed by atoms with Gasteiger partial charge in [-0.05, 0) is 43.2 Å². The standard InChI is InChI=1S/C16H16BrNO/c1-12-5-7-14(8-6-12)16(19)18-10-9-13-3-2-4-15(17)11-13/h2-8,11H,9-10H2,1H3,(H,18,19). The first-order valence-electron chi connectivity index (χ1n) is 6.24. The monoisotopic (exact) mass is 317 g/mol. The number of hydrogen-bond acceptors (Lipinski definition) is 1. The fraction of sp³-hybridized carbons (Fsp3) is 0.188. The Hall–Kier alpha value is -1.61. The van der Waals surface area contributed by atoms with E-state index in [1.165, 1.54) is 5.56 Å². The SMILES string of the molecule is Cc1ccc(C(=O)NCCc2cccc(Br)c2)cc1. The minimum absolute atomic E-state index is 0.0185. The first-order chi connectivity index (χ1) is 9.15. The smallest absolute Gasteiger partial charge is 0.251 e. The highest BCUT2D eigenvalue weighted by Gasteiger charge is 2.04. The van der Waals surface area contributed by atoms with Gasteiger partial charge in [-0.1, -0.05) is 45.8 Å². The van der Waals surface area contributed by atoms with E-state index >= 15 is 0 Å². The third kappa shape index (κ3) is 4.21. The van der Waals surface area contributed by atoms with Gasteiger partial charge in [-0.3, -0.25) is 4.79 Å². The molecule has 0 aliphatic rings. The maximum Gasteiger partial charge on any atom is 0.251 e. The van der Waals surface area contributed by atoms with Crippen LogP contribution in [0.15, 0.2) is 53.0 Å². The summed E-state index contributed by atoms with van der Waals surface area (Å²) >= 11 is 3.44. The molecule has 0 saturated heterocycles. The van der Waals surface area contributed by atoms with E-state index in [1.54, 1.807) is 0 Å². The maximum atomic E-state index is 11.9. The van der Waals surface area contributed by atoms with Gasteiger partial charge in [0.1, 0.15) is 0 Å². The highest BCUT2D eigenvalue weighted by molar-refractivity contribution is 9.10. The lowest BCUT2D eigenvalue weighted by Crippen LogP contribution is -2.25. The Morgan fingerprint density at radius 3 is 2.58 bits per heavy atom. The molecule has 0 aliphatic heterocycles. The Kier molecular flexibility index (Phi) is 4.74. The summed E-state index contributed by atoms with van der Waals surface area (Å²) in [5.41, 5.74) is 3.07. The number of nitrogens with one attached hydrogen (secondary N) is 1. The number of carbonyl (C=O) groups is 1. The Morgan fingerprint density at radius 2 is 1.89 bits per heavy atom. The molecule has 0 radical (unpaired) electrons. The molecule has 0 spiro atoms. The second-order valence-electron chi connectivity index (χ2n) is 4.50. The van der Waals surface area contributed by atoms with Crippen LogP contribution in [0.2, 0.25) is 0 Å². The Bertz CT molecular complexity index is 563. The van der Waals surface area contributed by atoms with Crippen molar-refractivity contribution in [3.05, 3.63) is 69.7 Å². The molecule has 2 rings (SSSR count). The van der Waals surface area contributed by atoms with Crippen molar-refractivity contribution in [2.24, 2.45) is 0 Å². The average Bonchev–Trinajstić information content (AvgIpc) is 2.39. The van der Waals surface area contributed by atoms with Crippen molar-refractivity contribution in [2.45, 2.75) is 13.3 Å². The number of rotatable bonds is 4. The zero-order chi connectivity index (χ0) is 13.7. The van der Waals surface area contributed by atoms with Gasteiger partial charge in [-0.2, -0.15) is 0 Å². The van der Waals surface area contributed by atoms with E-state index in [1.807, 2.05) is 43.3 Å². The Balaban J connectivity index is 1.86. The van der Waals surface area contributed by atoms with Crippen LogP contribution >= 0.6 is 15.9 Å². The number of carbonyl (C=O) groups excluding carboxylic acids is 1. The van der Waals surface area contributed by atoms with Crippen molar-refractivity contribution in [1.82, 2.24) is 5.32 Å². The molecule has 0 aromatic heterocycles. The molecule has 1 amide bonds. The zero-order valence-corrected chi connectivity index (χ0v) is 12.4. The van der Waals surface area contributed by atoms with Crippen molar-refractivity contribution in [3.63, 3.8) is 0 Å². The summed E-state index contributed by atoms with van der Waals surface area (Å²) in [6.07, 6.45) is 0.830. The van der Waals surface area contributed by atoms with E-state index in [4.69, 9.17) is 0 Å². The van der Waals surface area contributed by atoms with Crippen molar-refractivity contribution in [1.29, 1.82) is 0 Å². The van der Waals surface area contributed by atoms with Crippen LogP contribution in [-0.4, -0.2) is 12.5 Å². The largest absolute Gasteiger partial charge is 0.352 e. The van der Waals surface area contributed by atoms with E-state index in [9.17, 15) is 4.79 Å². The minimum atomic E-state index is -0.0185. The summed E-state index contributed by atoms with van der Waals surface area (Å²) in [6, 6.07) is 15.7. The third-order valence-corrected chi connectivity index (χ3v) is 3.40. The average molecular weight is 318 g/mol. The van der Waals surface area contributed by atoms with E-state index < -0.39 is 0 Å². The van der Waals surface area contributed by atoms with E-state index in [0.717, 1.165) is 16.5 Å². The molecule has 19 heavy (non-hydrogen) atoms. The summed E-state index contributed by atoms with van der Waals surface area (Å²) in [5.74, 6) is -0.0185. The second kappa shape index (κ2) is 6.53. The molecule has 0 saturated carbocycles. The highest BCUT2D eigenvalue weighted by atomic mass is 79.9. The lowest BCUT2D eigenvalue weighted by atomic mass is 10.1. The van der Waals surface area contributed by atoms with Crippen LogP contribution in [0, 0.1) is 6.92 Å². The molecular formula is C16H16BrNO. The van der Waals surface area contributed by atoms with Crippen molar-refractivity contribution in [2.75, 3.05) is 6.54 Å². The van der Waals surface area contributed by atoms with Gasteiger partial charge in [0.05, 0.1) is 0 Å². The van der Waals surface area contributed by atoms with E-state index in [0.29, 0.717) is 12.1 Å². The summed E-state index contributed by atoms with van der Waals surface area (Å²) in [4.78, 5) is 11.9. The number of amides is 1. The Morgan fingerprint density at radius 1 is 1.16 bits per heavy atom. The number of hydrogen-bond donors (Lipinski definition) is 1. The van der Waals surface area contributed by atoms with Gasteiger partial charge in [0.25, 0.3) is 5.91 Å². The maximum absolute atomic E-state index is 11.9. The molecule has 0 bridgehead atoms. The summed E-state index contributed by atoms with van der Waals surface area (Å²) in [6.45, 7) is 2.65. The molecule has 0 atom stereocenters. The first-order valence-corrected chi connectivity index (χ1v) is 7.04. The minimum Gasteiger partial charge on any atom is -0.352 e. The van der Waals surface area contributed by atoms with Crippen LogP contribution in [-0.2, 0) is 6.42 Å². The molecule has 0 aliphatic carbocycles. The fourth-order valence-corrected chi connectivity index (χ4v) is 2.27. The van der Waals surface area contributed by atoms with Crippen molar-refractivity contribution in [3.8, 4) is 0 Å². The topological polar surface area (TPSA) is 29.1 Å². The lowest BCUT2D eigenvalue weighted by molar-refractivity contribution is 0.0954. The van der Waals surface area contributed by atoms with Gasteiger partial charge < -0.3 is 5.32 Å². The number of aryl methyl sites for hydroxylation is 1. The fourth-order valence-electron chi connectivity index (χ4n) is 1.82. The normalized spacial score (nSPS) is 10.2. The molecule has 2 aromatic carbocycles. The molecule has 2 aromatic rings. The molecule has 1 N–H and O–H groups in total. The van der Waals surface area contributed by atoms with Crippen molar-refractivity contribution >= 4 is 21.8 Å². The zero-order valence-electron chi connectivity index (χ0n) is 10.8. The van der Waals surface area contributed by atoms with Gasteiger partial charge in [-0.25, -0.2) is 0 Å². The van der Waals surface area contributed by atoms with Crippen LogP contribution < -0.4 is 5.32 Å². The molecule has 2 nitrogen and oxygen atoms in total. The van der Waals surface area contributed by atoms with Crippen LogP contribution in [0.4, 0.5) is 0 Å². The lowest BCUT2D eigenvalue weighted by Gasteiger charge is -2.06. The van der Waals surface area contributed by atoms with Gasteiger partial charge in [-0.15, -0.1) is 0 Å². The quantitative estimate of drug-likeness (QED) is 0.914. The second-order valence-corrected chi connectivity index (χ2v) is 5.42. The number of benzene rings is 2. The summed E-state index contributed by atoms with van der Waals surface area (Å²) < 4.78 is 1.06. The van der Waals surface area contributed by atoms with Crippen LogP contribution in [0.3, 0.4) is 0 Å². The van der Waals surface area contributed by atoms with Crippen LogP contribution in [0.25, 0.3) is 0 Å². The molecule has 0 fully saturated rings. The van der Waals surface area contributed by atoms with Crippen LogP contribution in [0.5, 0.6) is 0 Å². The Labute approximate surface area is 122 Å². The van der Waals surface area contributed by atoms with Crippen molar-refractivity contribution < 1.29 is 4.79 Å². The summed E-state index contributed by atoms with van der Waals surface area (Å²) in [5, 5.41) is 2.93. The van der Waals surface area contributed by atoms with Gasteiger partial charge in [0.15, 0.2) is 0 Å². The number of halogens is 1. The van der Waals surface area contributed by atoms with E-state index in [-0.39, 0.29) is 5.91 Å². The highest BCUT2D eigenvalue weighted by Crippen LogP contribution is 2.11. The third-order valence-electron chi connectivity index (χ3n) is 2.90. The molecule has 0 unspecified atom stereocenters. The van der Waals surface area contributed by atoms with Crippen LogP contribution in [0.1, 0.15) is 21.5 Å². The first kappa shape index (κ1) is 13.8. The predicted molar refractivity (Wildman–Crippen MR) is 81.4 cm³/mol. The molecule has 0 heterocycles. The van der Waals surface area contributed by atoms with E-state index in [2.05, 4.69) is 33.4 Å².